The molecule has 0 saturated carbocycles. The van der Waals surface area contributed by atoms with Crippen molar-refractivity contribution in [1.82, 2.24) is 10.2 Å². The van der Waals surface area contributed by atoms with Crippen LogP contribution >= 0.6 is 0 Å². The maximum Gasteiger partial charge on any atom is 0.0253 e. The SMILES string of the molecule is Cc1cc(C)cc(CN2CCCC2C2CCCN2)c1. The van der Waals surface area contributed by atoms with E-state index >= 15 is 0 Å². The van der Waals surface area contributed by atoms with Gasteiger partial charge in [-0.1, -0.05) is 29.3 Å². The van der Waals surface area contributed by atoms with E-state index in [2.05, 4.69) is 42.3 Å². The summed E-state index contributed by atoms with van der Waals surface area (Å²) < 4.78 is 0. The molecule has 2 aliphatic rings. The van der Waals surface area contributed by atoms with Crippen LogP contribution in [0.1, 0.15) is 42.4 Å². The van der Waals surface area contributed by atoms with Gasteiger partial charge in [-0.05, 0) is 58.2 Å². The van der Waals surface area contributed by atoms with E-state index in [1.807, 2.05) is 0 Å². The van der Waals surface area contributed by atoms with Gasteiger partial charge in [0.2, 0.25) is 0 Å². The first-order chi connectivity index (χ1) is 9.22. The van der Waals surface area contributed by atoms with Gasteiger partial charge in [-0.3, -0.25) is 4.90 Å². The van der Waals surface area contributed by atoms with Crippen LogP contribution in [-0.4, -0.2) is 30.1 Å². The Kier molecular flexibility index (Phi) is 3.90. The Balaban J connectivity index is 1.70. The summed E-state index contributed by atoms with van der Waals surface area (Å²) >= 11 is 0. The largest absolute Gasteiger partial charge is 0.312 e. The van der Waals surface area contributed by atoms with Gasteiger partial charge in [-0.2, -0.15) is 0 Å². The highest BCUT2D eigenvalue weighted by Gasteiger charge is 2.32. The highest BCUT2D eigenvalue weighted by molar-refractivity contribution is 5.28. The maximum atomic E-state index is 3.70. The summed E-state index contributed by atoms with van der Waals surface area (Å²) in [6.07, 6.45) is 5.47. The third-order valence-electron chi connectivity index (χ3n) is 4.64. The van der Waals surface area contributed by atoms with Crippen molar-refractivity contribution in [2.45, 2.75) is 58.2 Å². The molecule has 2 nitrogen and oxygen atoms in total. The first-order valence-electron chi connectivity index (χ1n) is 7.77. The topological polar surface area (TPSA) is 15.3 Å². The number of benzene rings is 1. The Morgan fingerprint density at radius 2 is 1.89 bits per heavy atom. The van der Waals surface area contributed by atoms with Gasteiger partial charge in [0.15, 0.2) is 0 Å². The molecule has 2 saturated heterocycles. The molecule has 2 aliphatic heterocycles. The van der Waals surface area contributed by atoms with Crippen LogP contribution in [0.5, 0.6) is 0 Å². The molecule has 2 heterocycles. The van der Waals surface area contributed by atoms with Crippen LogP contribution in [0.25, 0.3) is 0 Å². The molecule has 1 aromatic rings. The fourth-order valence-electron chi connectivity index (χ4n) is 3.94. The lowest BCUT2D eigenvalue weighted by molar-refractivity contribution is 0.206. The lowest BCUT2D eigenvalue weighted by atomic mass is 10.0. The fourth-order valence-corrected chi connectivity index (χ4v) is 3.94. The first-order valence-corrected chi connectivity index (χ1v) is 7.77. The van der Waals surface area contributed by atoms with E-state index in [0.717, 1.165) is 18.6 Å². The minimum absolute atomic E-state index is 0.744. The number of nitrogens with one attached hydrogen (secondary N) is 1. The number of hydrogen-bond donors (Lipinski definition) is 1. The summed E-state index contributed by atoms with van der Waals surface area (Å²) in [6, 6.07) is 8.48. The summed E-state index contributed by atoms with van der Waals surface area (Å²) in [5.41, 5.74) is 4.27. The number of aryl methyl sites for hydroxylation is 2. The van der Waals surface area contributed by atoms with Gasteiger partial charge in [0.25, 0.3) is 0 Å². The van der Waals surface area contributed by atoms with Crippen LogP contribution in [-0.2, 0) is 6.54 Å². The molecular weight excluding hydrogens is 232 g/mol. The van der Waals surface area contributed by atoms with Crippen molar-refractivity contribution in [3.8, 4) is 0 Å². The zero-order chi connectivity index (χ0) is 13.2. The molecule has 0 aromatic heterocycles. The highest BCUT2D eigenvalue weighted by Crippen LogP contribution is 2.26. The van der Waals surface area contributed by atoms with Crippen molar-refractivity contribution in [2.24, 2.45) is 0 Å². The van der Waals surface area contributed by atoms with E-state index in [0.29, 0.717) is 0 Å². The average Bonchev–Trinajstić information content (AvgIpc) is 2.96. The van der Waals surface area contributed by atoms with Gasteiger partial charge in [-0.15, -0.1) is 0 Å². The summed E-state index contributed by atoms with van der Waals surface area (Å²) in [6.45, 7) is 8.03. The second kappa shape index (κ2) is 5.64. The zero-order valence-electron chi connectivity index (χ0n) is 12.3. The van der Waals surface area contributed by atoms with Crippen LogP contribution in [0.3, 0.4) is 0 Å². The second-order valence-electron chi connectivity index (χ2n) is 6.38. The number of hydrogen-bond acceptors (Lipinski definition) is 2. The Morgan fingerprint density at radius 1 is 1.11 bits per heavy atom. The lowest BCUT2D eigenvalue weighted by Crippen LogP contribution is -2.43. The standard InChI is InChI=1S/C17H26N2/c1-13-9-14(2)11-15(10-13)12-19-8-4-6-17(19)16-5-3-7-18-16/h9-11,16-18H,3-8,12H2,1-2H3. The number of nitrogens with zero attached hydrogens (tertiary/aromatic N) is 1. The average molecular weight is 258 g/mol. The predicted octanol–water partition coefficient (Wildman–Crippen LogP) is 3.02. The van der Waals surface area contributed by atoms with Crippen molar-refractivity contribution in [1.29, 1.82) is 0 Å². The second-order valence-corrected chi connectivity index (χ2v) is 6.38. The van der Waals surface area contributed by atoms with Crippen LogP contribution in [0.15, 0.2) is 18.2 Å². The van der Waals surface area contributed by atoms with E-state index in [-0.39, 0.29) is 0 Å². The Bertz CT molecular complexity index is 415. The molecule has 104 valence electrons. The van der Waals surface area contributed by atoms with Crippen LogP contribution < -0.4 is 5.32 Å². The number of rotatable bonds is 3. The van der Waals surface area contributed by atoms with Crippen LogP contribution in [0, 0.1) is 13.8 Å². The van der Waals surface area contributed by atoms with Gasteiger partial charge in [0.1, 0.15) is 0 Å². The molecule has 2 fully saturated rings. The molecule has 2 unspecified atom stereocenters. The van der Waals surface area contributed by atoms with Gasteiger partial charge >= 0.3 is 0 Å². The predicted molar refractivity (Wildman–Crippen MR) is 80.4 cm³/mol. The van der Waals surface area contributed by atoms with Gasteiger partial charge < -0.3 is 5.32 Å². The molecule has 1 aromatic carbocycles. The van der Waals surface area contributed by atoms with Gasteiger partial charge in [-0.25, -0.2) is 0 Å². The summed E-state index contributed by atoms with van der Waals surface area (Å²) in [5, 5.41) is 3.70. The molecule has 1 N–H and O–H groups in total. The zero-order valence-corrected chi connectivity index (χ0v) is 12.3. The Morgan fingerprint density at radius 3 is 2.58 bits per heavy atom. The minimum atomic E-state index is 0.744. The van der Waals surface area contributed by atoms with Crippen molar-refractivity contribution >= 4 is 0 Å². The highest BCUT2D eigenvalue weighted by atomic mass is 15.2. The number of likely N-dealkylation sites (tertiary alicyclic amines) is 1. The lowest BCUT2D eigenvalue weighted by Gasteiger charge is -2.29. The van der Waals surface area contributed by atoms with Crippen molar-refractivity contribution < 1.29 is 0 Å². The van der Waals surface area contributed by atoms with Crippen LogP contribution in [0.4, 0.5) is 0 Å². The Hall–Kier alpha value is -0.860. The maximum absolute atomic E-state index is 3.70. The monoisotopic (exact) mass is 258 g/mol. The van der Waals surface area contributed by atoms with E-state index in [9.17, 15) is 0 Å². The summed E-state index contributed by atoms with van der Waals surface area (Å²) in [4.78, 5) is 2.71. The first kappa shape index (κ1) is 13.1. The molecule has 0 radical (unpaired) electrons. The van der Waals surface area contributed by atoms with Crippen molar-refractivity contribution in [3.05, 3.63) is 34.9 Å². The molecule has 19 heavy (non-hydrogen) atoms. The Labute approximate surface area is 117 Å². The van der Waals surface area contributed by atoms with Crippen molar-refractivity contribution in [2.75, 3.05) is 13.1 Å². The molecule has 3 rings (SSSR count). The fraction of sp³-hybridized carbons (Fsp3) is 0.647. The third-order valence-corrected chi connectivity index (χ3v) is 4.64. The van der Waals surface area contributed by atoms with Crippen molar-refractivity contribution in [3.63, 3.8) is 0 Å². The normalized spacial score (nSPS) is 28.1. The molecule has 0 aliphatic carbocycles. The van der Waals surface area contributed by atoms with E-state index in [1.54, 1.807) is 0 Å². The summed E-state index contributed by atoms with van der Waals surface area (Å²) in [7, 11) is 0. The van der Waals surface area contributed by atoms with Gasteiger partial charge in [0, 0.05) is 18.6 Å². The summed E-state index contributed by atoms with van der Waals surface area (Å²) in [5.74, 6) is 0. The third kappa shape index (κ3) is 3.01. The molecule has 2 heteroatoms. The molecular formula is C17H26N2. The molecule has 0 bridgehead atoms. The minimum Gasteiger partial charge on any atom is -0.312 e. The van der Waals surface area contributed by atoms with Crippen LogP contribution in [0.2, 0.25) is 0 Å². The quantitative estimate of drug-likeness (QED) is 0.896. The van der Waals surface area contributed by atoms with E-state index < -0.39 is 0 Å². The smallest absolute Gasteiger partial charge is 0.0253 e. The van der Waals surface area contributed by atoms with E-state index in [4.69, 9.17) is 0 Å². The van der Waals surface area contributed by atoms with E-state index in [1.165, 1.54) is 55.5 Å². The molecule has 0 amide bonds. The van der Waals surface area contributed by atoms with Gasteiger partial charge in [0.05, 0.1) is 0 Å². The molecule has 2 atom stereocenters. The molecule has 0 spiro atoms.